The molecule has 2 rings (SSSR count). The number of aliphatic hydroxyl groups excluding tert-OH is 1. The number of carbonyl (C=O) groups excluding carboxylic acids is 1. The zero-order valence-corrected chi connectivity index (χ0v) is 9.58. The highest BCUT2D eigenvalue weighted by Gasteiger charge is 2.22. The molecule has 0 amide bonds. The number of benzene rings is 1. The highest BCUT2D eigenvalue weighted by molar-refractivity contribution is 5.76. The van der Waals surface area contributed by atoms with Gasteiger partial charge in [-0.25, -0.2) is 4.79 Å². The molecule has 90 valence electrons. The summed E-state index contributed by atoms with van der Waals surface area (Å²) in [4.78, 5) is 11.7. The van der Waals surface area contributed by atoms with E-state index >= 15 is 0 Å². The summed E-state index contributed by atoms with van der Waals surface area (Å²) in [6.07, 6.45) is 5.42. The van der Waals surface area contributed by atoms with Crippen LogP contribution in [-0.2, 0) is 9.53 Å². The van der Waals surface area contributed by atoms with Crippen molar-refractivity contribution in [2.24, 2.45) is 0 Å². The van der Waals surface area contributed by atoms with Crippen LogP contribution in [0.4, 0.5) is 0 Å². The van der Waals surface area contributed by atoms with E-state index in [9.17, 15) is 9.90 Å². The first-order chi connectivity index (χ1) is 8.27. The first-order valence-electron chi connectivity index (χ1n) is 5.87. The molecule has 1 aromatic rings. The van der Waals surface area contributed by atoms with Crippen molar-refractivity contribution in [3.8, 4) is 0 Å². The number of rotatable bonds is 3. The lowest BCUT2D eigenvalue weighted by Gasteiger charge is -2.19. The standard InChI is InChI=1S/C14H16O3/c15-13(11-7-3-1-4-8-11)14(16)17-12-9-5-2-6-10-12/h1,3-5,7-9,12-13,15H,2,6,10H2/t12-,13-/m0/s1. The number of hydrogen-bond donors (Lipinski definition) is 1. The summed E-state index contributed by atoms with van der Waals surface area (Å²) in [5.41, 5.74) is 0.567. The van der Waals surface area contributed by atoms with Crippen molar-refractivity contribution in [1.82, 2.24) is 0 Å². The third-order valence-electron chi connectivity index (χ3n) is 2.82. The van der Waals surface area contributed by atoms with E-state index in [2.05, 4.69) is 0 Å². The number of hydrogen-bond acceptors (Lipinski definition) is 3. The molecule has 0 fully saturated rings. The summed E-state index contributed by atoms with van der Waals surface area (Å²) in [6, 6.07) is 8.83. The highest BCUT2D eigenvalue weighted by Crippen LogP contribution is 2.18. The van der Waals surface area contributed by atoms with Crippen molar-refractivity contribution in [3.63, 3.8) is 0 Å². The molecular weight excluding hydrogens is 216 g/mol. The Morgan fingerprint density at radius 2 is 2.12 bits per heavy atom. The Morgan fingerprint density at radius 1 is 1.35 bits per heavy atom. The number of aliphatic hydroxyl groups is 1. The molecule has 3 heteroatoms. The molecule has 3 nitrogen and oxygen atoms in total. The van der Waals surface area contributed by atoms with Crippen molar-refractivity contribution in [2.75, 3.05) is 0 Å². The van der Waals surface area contributed by atoms with Gasteiger partial charge in [-0.3, -0.25) is 0 Å². The zero-order chi connectivity index (χ0) is 12.1. The second-order valence-electron chi connectivity index (χ2n) is 4.15. The summed E-state index contributed by atoms with van der Waals surface area (Å²) < 4.78 is 5.23. The number of ether oxygens (including phenoxy) is 1. The lowest BCUT2D eigenvalue weighted by Crippen LogP contribution is -2.22. The molecule has 0 aliphatic heterocycles. The molecule has 0 saturated heterocycles. The van der Waals surface area contributed by atoms with Crippen molar-refractivity contribution in [2.45, 2.75) is 31.5 Å². The van der Waals surface area contributed by atoms with Crippen LogP contribution in [-0.4, -0.2) is 17.2 Å². The first kappa shape index (κ1) is 11.9. The summed E-state index contributed by atoms with van der Waals surface area (Å²) in [7, 11) is 0. The van der Waals surface area contributed by atoms with E-state index < -0.39 is 12.1 Å². The maximum absolute atomic E-state index is 11.7. The Labute approximate surface area is 101 Å². The van der Waals surface area contributed by atoms with Crippen LogP contribution in [0.15, 0.2) is 42.5 Å². The second kappa shape index (κ2) is 5.64. The molecule has 0 unspecified atom stereocenters. The van der Waals surface area contributed by atoms with Gasteiger partial charge in [0.2, 0.25) is 0 Å². The summed E-state index contributed by atoms with van der Waals surface area (Å²) >= 11 is 0. The maximum Gasteiger partial charge on any atom is 0.340 e. The van der Waals surface area contributed by atoms with E-state index in [-0.39, 0.29) is 6.10 Å². The van der Waals surface area contributed by atoms with Gasteiger partial charge in [0.05, 0.1) is 0 Å². The van der Waals surface area contributed by atoms with Gasteiger partial charge in [-0.2, -0.15) is 0 Å². The van der Waals surface area contributed by atoms with Crippen molar-refractivity contribution in [1.29, 1.82) is 0 Å². The Morgan fingerprint density at radius 3 is 2.76 bits per heavy atom. The summed E-state index contributed by atoms with van der Waals surface area (Å²) in [6.45, 7) is 0. The van der Waals surface area contributed by atoms with Gasteiger partial charge in [-0.05, 0) is 30.9 Å². The highest BCUT2D eigenvalue weighted by atomic mass is 16.6. The Kier molecular flexibility index (Phi) is 3.94. The lowest BCUT2D eigenvalue weighted by molar-refractivity contribution is -0.157. The minimum absolute atomic E-state index is 0.186. The van der Waals surface area contributed by atoms with Gasteiger partial charge in [0.1, 0.15) is 6.10 Å². The molecule has 0 bridgehead atoms. The Balaban J connectivity index is 1.95. The van der Waals surface area contributed by atoms with Crippen LogP contribution in [0.2, 0.25) is 0 Å². The largest absolute Gasteiger partial charge is 0.456 e. The molecule has 1 aromatic carbocycles. The molecule has 0 heterocycles. The van der Waals surface area contributed by atoms with Crippen LogP contribution in [0, 0.1) is 0 Å². The van der Waals surface area contributed by atoms with Gasteiger partial charge in [0.15, 0.2) is 6.10 Å². The van der Waals surface area contributed by atoms with Gasteiger partial charge in [-0.15, -0.1) is 0 Å². The van der Waals surface area contributed by atoms with E-state index in [1.807, 2.05) is 18.2 Å². The average molecular weight is 232 g/mol. The second-order valence-corrected chi connectivity index (χ2v) is 4.15. The third kappa shape index (κ3) is 3.17. The topological polar surface area (TPSA) is 46.5 Å². The number of esters is 1. The maximum atomic E-state index is 11.7. The molecule has 2 atom stereocenters. The molecule has 1 aliphatic rings. The van der Waals surface area contributed by atoms with Crippen LogP contribution >= 0.6 is 0 Å². The number of allylic oxidation sites excluding steroid dienone is 1. The van der Waals surface area contributed by atoms with Gasteiger partial charge in [0.25, 0.3) is 0 Å². The molecule has 0 saturated carbocycles. The monoisotopic (exact) mass is 232 g/mol. The van der Waals surface area contributed by atoms with Crippen molar-refractivity contribution < 1.29 is 14.6 Å². The van der Waals surface area contributed by atoms with Gasteiger partial charge < -0.3 is 9.84 Å². The predicted octanol–water partition coefficient (Wildman–Crippen LogP) is 2.37. The van der Waals surface area contributed by atoms with Crippen LogP contribution in [0.1, 0.15) is 30.9 Å². The normalized spacial score (nSPS) is 20.9. The molecule has 0 aromatic heterocycles. The summed E-state index contributed by atoms with van der Waals surface area (Å²) in [5, 5.41) is 9.82. The van der Waals surface area contributed by atoms with Gasteiger partial charge in [-0.1, -0.05) is 36.4 Å². The van der Waals surface area contributed by atoms with Crippen molar-refractivity contribution >= 4 is 5.97 Å². The van der Waals surface area contributed by atoms with Crippen LogP contribution in [0.3, 0.4) is 0 Å². The number of carbonyl (C=O) groups is 1. The van der Waals surface area contributed by atoms with Gasteiger partial charge >= 0.3 is 5.97 Å². The quantitative estimate of drug-likeness (QED) is 0.643. The molecule has 1 aliphatic carbocycles. The van der Waals surface area contributed by atoms with Crippen LogP contribution in [0.25, 0.3) is 0 Å². The third-order valence-corrected chi connectivity index (χ3v) is 2.82. The lowest BCUT2D eigenvalue weighted by atomic mass is 10.1. The van der Waals surface area contributed by atoms with E-state index in [0.29, 0.717) is 5.56 Å². The Bertz CT molecular complexity index is 397. The fourth-order valence-electron chi connectivity index (χ4n) is 1.86. The van der Waals surface area contributed by atoms with E-state index in [4.69, 9.17) is 4.74 Å². The van der Waals surface area contributed by atoms with Gasteiger partial charge in [0, 0.05) is 0 Å². The predicted molar refractivity (Wildman–Crippen MR) is 64.3 cm³/mol. The molecular formula is C14H16O3. The first-order valence-corrected chi connectivity index (χ1v) is 5.87. The summed E-state index contributed by atoms with van der Waals surface area (Å²) in [5.74, 6) is -0.576. The fourth-order valence-corrected chi connectivity index (χ4v) is 1.86. The van der Waals surface area contributed by atoms with Crippen LogP contribution < -0.4 is 0 Å². The van der Waals surface area contributed by atoms with Crippen LogP contribution in [0.5, 0.6) is 0 Å². The molecule has 17 heavy (non-hydrogen) atoms. The Hall–Kier alpha value is -1.61. The van der Waals surface area contributed by atoms with Crippen molar-refractivity contribution in [3.05, 3.63) is 48.0 Å². The van der Waals surface area contributed by atoms with E-state index in [0.717, 1.165) is 19.3 Å². The zero-order valence-electron chi connectivity index (χ0n) is 9.58. The minimum Gasteiger partial charge on any atom is -0.456 e. The smallest absolute Gasteiger partial charge is 0.340 e. The molecule has 1 N–H and O–H groups in total. The average Bonchev–Trinajstić information content (AvgIpc) is 2.40. The molecule has 0 spiro atoms. The SMILES string of the molecule is O=C(O[C@H]1C=CCCC1)[C@@H](O)c1ccccc1. The minimum atomic E-state index is -1.19. The fraction of sp³-hybridized carbons (Fsp3) is 0.357. The van der Waals surface area contributed by atoms with E-state index in [1.165, 1.54) is 0 Å². The van der Waals surface area contributed by atoms with E-state index in [1.54, 1.807) is 24.3 Å². The molecule has 0 radical (unpaired) electrons.